The van der Waals surface area contributed by atoms with Gasteiger partial charge >= 0.3 is 0 Å². The van der Waals surface area contributed by atoms with Gasteiger partial charge in [0.15, 0.2) is 0 Å². The summed E-state index contributed by atoms with van der Waals surface area (Å²) in [6, 6.07) is 10.8. The third kappa shape index (κ3) is 7.95. The van der Waals surface area contributed by atoms with Crippen molar-refractivity contribution >= 4 is 9.84 Å². The van der Waals surface area contributed by atoms with E-state index in [1.807, 2.05) is 24.3 Å². The molecule has 0 aliphatic carbocycles. The highest BCUT2D eigenvalue weighted by Gasteiger charge is 2.33. The van der Waals surface area contributed by atoms with Crippen LogP contribution in [-0.2, 0) is 9.84 Å². The minimum atomic E-state index is -3.60. The molecule has 0 N–H and O–H groups in total. The molecule has 1 aliphatic heterocycles. The lowest BCUT2D eigenvalue weighted by atomic mass is 10.1. The Kier molecular flexibility index (Phi) is 11.7. The zero-order chi connectivity index (χ0) is 26.7. The number of fused-ring (bicyclic) bond motifs is 3. The van der Waals surface area contributed by atoms with Crippen molar-refractivity contribution in [3.8, 4) is 22.6 Å². The molecule has 0 fully saturated rings. The first-order valence-corrected chi connectivity index (χ1v) is 15.7. The monoisotopic (exact) mass is 530 g/mol. The SMILES string of the molecule is CCCN(CCC)CCCOc1ccc2c(c1)S(=O)(=O)c1cc(OCCCN(CCC)CCC)ccc1-2. The molecule has 0 aromatic heterocycles. The fraction of sp³-hybridized carbons (Fsp3) is 0.600. The zero-order valence-electron chi connectivity index (χ0n) is 23.3. The number of hydrogen-bond acceptors (Lipinski definition) is 6. The second kappa shape index (κ2) is 14.7. The molecule has 0 amide bonds. The molecule has 0 bridgehead atoms. The topological polar surface area (TPSA) is 59.1 Å². The Morgan fingerprint density at radius 3 is 1.32 bits per heavy atom. The molecular weight excluding hydrogens is 484 g/mol. The van der Waals surface area contributed by atoms with Crippen LogP contribution < -0.4 is 9.47 Å². The number of sulfone groups is 1. The minimum absolute atomic E-state index is 0.325. The zero-order valence-corrected chi connectivity index (χ0v) is 24.1. The lowest BCUT2D eigenvalue weighted by Crippen LogP contribution is -2.27. The van der Waals surface area contributed by atoms with Crippen molar-refractivity contribution in [1.82, 2.24) is 9.80 Å². The lowest BCUT2D eigenvalue weighted by molar-refractivity contribution is 0.234. The van der Waals surface area contributed by atoms with Gasteiger partial charge in [0, 0.05) is 24.2 Å². The van der Waals surface area contributed by atoms with Crippen LogP contribution in [0.25, 0.3) is 11.1 Å². The highest BCUT2D eigenvalue weighted by Crippen LogP contribution is 2.45. The van der Waals surface area contributed by atoms with Gasteiger partial charge in [-0.3, -0.25) is 0 Å². The lowest BCUT2D eigenvalue weighted by Gasteiger charge is -2.20. The Bertz CT molecular complexity index is 995. The molecule has 0 saturated carbocycles. The number of benzene rings is 2. The standard InChI is InChI=1S/C30H46N2O4S/c1-5-15-31(16-6-2)19-9-21-35-25-11-13-27-28-14-12-26(24-30(28)37(33,34)29(27)23-25)36-22-10-20-32(17-7-3)18-8-4/h11-14,23-24H,5-10,15-22H2,1-4H3. The second-order valence-corrected chi connectivity index (χ2v) is 11.8. The van der Waals surface area contributed by atoms with Crippen LogP contribution in [0.4, 0.5) is 0 Å². The van der Waals surface area contributed by atoms with E-state index in [0.717, 1.165) is 88.9 Å². The summed E-state index contributed by atoms with van der Waals surface area (Å²) in [6.07, 6.45) is 6.42. The molecule has 0 unspecified atom stereocenters. The number of ether oxygens (including phenoxy) is 2. The summed E-state index contributed by atoms with van der Waals surface area (Å²) in [6.45, 7) is 16.3. The van der Waals surface area contributed by atoms with Crippen LogP contribution in [0.2, 0.25) is 0 Å². The molecule has 0 spiro atoms. The molecule has 1 heterocycles. The highest BCUT2D eigenvalue weighted by atomic mass is 32.2. The van der Waals surface area contributed by atoms with Gasteiger partial charge in [0.2, 0.25) is 9.84 Å². The van der Waals surface area contributed by atoms with Crippen molar-refractivity contribution in [2.45, 2.75) is 76.0 Å². The van der Waals surface area contributed by atoms with Crippen LogP contribution in [-0.4, -0.2) is 70.7 Å². The van der Waals surface area contributed by atoms with E-state index in [2.05, 4.69) is 37.5 Å². The Labute approximate surface area is 224 Å². The predicted molar refractivity (Wildman–Crippen MR) is 152 cm³/mol. The van der Waals surface area contributed by atoms with Gasteiger partial charge in [0.05, 0.1) is 23.0 Å². The molecule has 0 radical (unpaired) electrons. The van der Waals surface area contributed by atoms with E-state index < -0.39 is 9.84 Å². The van der Waals surface area contributed by atoms with Crippen molar-refractivity contribution in [1.29, 1.82) is 0 Å². The molecule has 0 saturated heterocycles. The summed E-state index contributed by atoms with van der Waals surface area (Å²) in [4.78, 5) is 5.56. The summed E-state index contributed by atoms with van der Waals surface area (Å²) in [5.41, 5.74) is 1.47. The van der Waals surface area contributed by atoms with Gasteiger partial charge in [-0.25, -0.2) is 8.42 Å². The van der Waals surface area contributed by atoms with Gasteiger partial charge < -0.3 is 19.3 Å². The summed E-state index contributed by atoms with van der Waals surface area (Å²) in [7, 11) is -3.60. The summed E-state index contributed by atoms with van der Waals surface area (Å²) in [5, 5.41) is 0. The molecule has 2 aromatic rings. The van der Waals surface area contributed by atoms with E-state index in [9.17, 15) is 8.42 Å². The third-order valence-electron chi connectivity index (χ3n) is 6.71. The largest absolute Gasteiger partial charge is 0.494 e. The van der Waals surface area contributed by atoms with Gasteiger partial charge in [0.1, 0.15) is 11.5 Å². The van der Waals surface area contributed by atoms with Crippen LogP contribution >= 0.6 is 0 Å². The maximum Gasteiger partial charge on any atom is 0.208 e. The van der Waals surface area contributed by atoms with Crippen molar-refractivity contribution in [3.63, 3.8) is 0 Å². The van der Waals surface area contributed by atoms with E-state index in [1.165, 1.54) is 0 Å². The number of hydrogen-bond donors (Lipinski definition) is 0. The first-order valence-electron chi connectivity index (χ1n) is 14.2. The molecule has 206 valence electrons. The van der Waals surface area contributed by atoms with Crippen molar-refractivity contribution in [2.24, 2.45) is 0 Å². The number of rotatable bonds is 18. The average molecular weight is 531 g/mol. The molecule has 1 aliphatic rings. The predicted octanol–water partition coefficient (Wildman–Crippen LogP) is 6.28. The van der Waals surface area contributed by atoms with Gasteiger partial charge in [-0.05, 0) is 101 Å². The smallest absolute Gasteiger partial charge is 0.208 e. The Hall–Kier alpha value is -2.09. The quantitative estimate of drug-likeness (QED) is 0.180. The molecule has 3 rings (SSSR count). The van der Waals surface area contributed by atoms with Crippen LogP contribution in [0.3, 0.4) is 0 Å². The second-order valence-electron chi connectivity index (χ2n) is 9.91. The molecule has 2 aromatic carbocycles. The molecule has 6 nitrogen and oxygen atoms in total. The maximum absolute atomic E-state index is 13.4. The van der Waals surface area contributed by atoms with Crippen LogP contribution in [0.5, 0.6) is 11.5 Å². The Balaban J connectivity index is 1.59. The van der Waals surface area contributed by atoms with Crippen LogP contribution in [0.15, 0.2) is 46.2 Å². The van der Waals surface area contributed by atoms with Crippen molar-refractivity contribution in [2.75, 3.05) is 52.5 Å². The third-order valence-corrected chi connectivity index (χ3v) is 8.54. The Morgan fingerprint density at radius 2 is 0.973 bits per heavy atom. The Morgan fingerprint density at radius 1 is 0.595 bits per heavy atom. The summed E-state index contributed by atoms with van der Waals surface area (Å²) in [5.74, 6) is 1.21. The van der Waals surface area contributed by atoms with E-state index in [1.54, 1.807) is 12.1 Å². The van der Waals surface area contributed by atoms with Crippen molar-refractivity contribution < 1.29 is 17.9 Å². The van der Waals surface area contributed by atoms with Gasteiger partial charge in [-0.1, -0.05) is 27.7 Å². The molecule has 37 heavy (non-hydrogen) atoms. The maximum atomic E-state index is 13.4. The summed E-state index contributed by atoms with van der Waals surface area (Å²) >= 11 is 0. The summed E-state index contributed by atoms with van der Waals surface area (Å²) < 4.78 is 38.7. The minimum Gasteiger partial charge on any atom is -0.494 e. The van der Waals surface area contributed by atoms with Crippen LogP contribution in [0, 0.1) is 0 Å². The molecular formula is C30H46N2O4S. The van der Waals surface area contributed by atoms with E-state index in [-0.39, 0.29) is 0 Å². The van der Waals surface area contributed by atoms with Gasteiger partial charge in [-0.2, -0.15) is 0 Å². The molecule has 7 heteroatoms. The first-order chi connectivity index (χ1) is 17.9. The van der Waals surface area contributed by atoms with E-state index in [4.69, 9.17) is 9.47 Å². The van der Waals surface area contributed by atoms with E-state index >= 15 is 0 Å². The van der Waals surface area contributed by atoms with Crippen molar-refractivity contribution in [3.05, 3.63) is 36.4 Å². The first kappa shape index (κ1) is 29.5. The normalized spacial score (nSPS) is 13.7. The fourth-order valence-electron chi connectivity index (χ4n) is 5.09. The molecule has 0 atom stereocenters. The number of nitrogens with zero attached hydrogens (tertiary/aromatic N) is 2. The van der Waals surface area contributed by atoms with E-state index in [0.29, 0.717) is 34.5 Å². The average Bonchev–Trinajstić information content (AvgIpc) is 3.11. The van der Waals surface area contributed by atoms with Crippen LogP contribution in [0.1, 0.15) is 66.2 Å². The fourth-order valence-corrected chi connectivity index (χ4v) is 6.80. The van der Waals surface area contributed by atoms with Gasteiger partial charge in [-0.15, -0.1) is 0 Å². The van der Waals surface area contributed by atoms with Gasteiger partial charge in [0.25, 0.3) is 0 Å². The highest BCUT2D eigenvalue weighted by molar-refractivity contribution is 7.92.